The molecule has 6 heteroatoms. The van der Waals surface area contributed by atoms with Gasteiger partial charge in [-0.05, 0) is 12.3 Å². The largest absolute Gasteiger partial charge is 0.336 e. The van der Waals surface area contributed by atoms with Crippen LogP contribution in [0.25, 0.3) is 11.2 Å². The maximum Gasteiger partial charge on any atom is 0.276 e. The van der Waals surface area contributed by atoms with Crippen LogP contribution >= 0.6 is 11.6 Å². The van der Waals surface area contributed by atoms with Crippen LogP contribution in [0.3, 0.4) is 0 Å². The molecule has 2 aromatic rings. The molecule has 3 rings (SSSR count). The Kier molecular flexibility index (Phi) is 3.55. The van der Waals surface area contributed by atoms with Gasteiger partial charge in [-0.2, -0.15) is 0 Å². The molecule has 0 aliphatic heterocycles. The summed E-state index contributed by atoms with van der Waals surface area (Å²) >= 11 is 6.40. The number of imidazole rings is 1. The summed E-state index contributed by atoms with van der Waals surface area (Å²) in [5.41, 5.74) is 0.705. The predicted molar refractivity (Wildman–Crippen MR) is 74.4 cm³/mol. The van der Waals surface area contributed by atoms with Crippen LogP contribution in [0.4, 0.5) is 0 Å². The SMILES string of the molecule is O=c1[nH]cnc2nc(CC(Cl)CC3CCCC3)[nH]c12. The Labute approximate surface area is 115 Å². The van der Waals surface area contributed by atoms with Crippen molar-refractivity contribution in [2.75, 3.05) is 0 Å². The smallest absolute Gasteiger partial charge is 0.276 e. The first kappa shape index (κ1) is 12.7. The molecule has 1 aliphatic carbocycles. The summed E-state index contributed by atoms with van der Waals surface area (Å²) in [6, 6.07) is 0. The highest BCUT2D eigenvalue weighted by Gasteiger charge is 2.20. The Morgan fingerprint density at radius 3 is 2.95 bits per heavy atom. The topological polar surface area (TPSA) is 74.4 Å². The summed E-state index contributed by atoms with van der Waals surface area (Å²) in [6.07, 6.45) is 8.31. The highest BCUT2D eigenvalue weighted by molar-refractivity contribution is 6.20. The summed E-state index contributed by atoms with van der Waals surface area (Å²) in [5.74, 6) is 1.51. The molecular formula is C13H17ClN4O. The van der Waals surface area contributed by atoms with E-state index in [2.05, 4.69) is 19.9 Å². The molecule has 5 nitrogen and oxygen atoms in total. The minimum absolute atomic E-state index is 0.0720. The highest BCUT2D eigenvalue weighted by Crippen LogP contribution is 2.30. The van der Waals surface area contributed by atoms with Gasteiger partial charge in [-0.15, -0.1) is 11.6 Å². The Morgan fingerprint density at radius 1 is 1.42 bits per heavy atom. The fourth-order valence-corrected chi connectivity index (χ4v) is 3.28. The van der Waals surface area contributed by atoms with Crippen molar-refractivity contribution in [2.45, 2.75) is 43.9 Å². The molecule has 2 N–H and O–H groups in total. The van der Waals surface area contributed by atoms with Crippen LogP contribution in [0.2, 0.25) is 0 Å². The standard InChI is InChI=1S/C13H17ClN4O/c14-9(5-8-3-1-2-4-8)6-10-17-11-12(18-10)15-7-16-13(11)19/h7-9H,1-6H2,(H2,15,16,17,18,19). The molecular weight excluding hydrogens is 264 g/mol. The van der Waals surface area contributed by atoms with Crippen LogP contribution < -0.4 is 5.56 Å². The monoisotopic (exact) mass is 280 g/mol. The Balaban J connectivity index is 1.70. The van der Waals surface area contributed by atoms with Crippen molar-refractivity contribution < 1.29 is 0 Å². The molecule has 1 fully saturated rings. The van der Waals surface area contributed by atoms with Gasteiger partial charge in [-0.3, -0.25) is 4.79 Å². The predicted octanol–water partition coefficient (Wildman–Crippen LogP) is 2.38. The number of nitrogens with zero attached hydrogens (tertiary/aromatic N) is 2. The van der Waals surface area contributed by atoms with Crippen LogP contribution in [0, 0.1) is 5.92 Å². The quantitative estimate of drug-likeness (QED) is 0.845. The Morgan fingerprint density at radius 2 is 2.21 bits per heavy atom. The molecule has 0 bridgehead atoms. The van der Waals surface area contributed by atoms with Crippen molar-refractivity contribution in [3.05, 3.63) is 22.5 Å². The molecule has 0 spiro atoms. The van der Waals surface area contributed by atoms with Gasteiger partial charge in [-0.25, -0.2) is 9.97 Å². The lowest BCUT2D eigenvalue weighted by Crippen LogP contribution is -2.10. The molecule has 102 valence electrons. The van der Waals surface area contributed by atoms with E-state index >= 15 is 0 Å². The number of aromatic amines is 2. The number of fused-ring (bicyclic) bond motifs is 1. The van der Waals surface area contributed by atoms with E-state index in [1.54, 1.807) is 0 Å². The number of hydrogen-bond acceptors (Lipinski definition) is 3. The number of aromatic nitrogens is 4. The number of H-pyrrole nitrogens is 2. The van der Waals surface area contributed by atoms with Gasteiger partial charge in [0.15, 0.2) is 11.2 Å². The molecule has 1 saturated carbocycles. The molecule has 0 amide bonds. The van der Waals surface area contributed by atoms with E-state index in [1.807, 2.05) is 0 Å². The third-order valence-corrected chi connectivity index (χ3v) is 4.15. The summed E-state index contributed by atoms with van der Waals surface area (Å²) in [6.45, 7) is 0. The first-order chi connectivity index (χ1) is 9.22. The number of rotatable bonds is 4. The van der Waals surface area contributed by atoms with Crippen LogP contribution in [-0.2, 0) is 6.42 Å². The van der Waals surface area contributed by atoms with Crippen molar-refractivity contribution in [3.8, 4) is 0 Å². The lowest BCUT2D eigenvalue weighted by atomic mass is 10.0. The molecule has 1 aliphatic rings. The lowest BCUT2D eigenvalue weighted by molar-refractivity contribution is 0.486. The Hall–Kier alpha value is -1.36. The van der Waals surface area contributed by atoms with Crippen LogP contribution in [0.1, 0.15) is 37.9 Å². The van der Waals surface area contributed by atoms with Crippen molar-refractivity contribution >= 4 is 22.8 Å². The number of alkyl halides is 1. The fraction of sp³-hybridized carbons (Fsp3) is 0.615. The van der Waals surface area contributed by atoms with Crippen molar-refractivity contribution in [1.82, 2.24) is 19.9 Å². The minimum atomic E-state index is -0.189. The summed E-state index contributed by atoms with van der Waals surface area (Å²) in [4.78, 5) is 25.5. The van der Waals surface area contributed by atoms with Gasteiger partial charge in [-0.1, -0.05) is 25.7 Å². The van der Waals surface area contributed by atoms with Crippen LogP contribution in [0.5, 0.6) is 0 Å². The molecule has 0 aromatic carbocycles. The van der Waals surface area contributed by atoms with E-state index < -0.39 is 0 Å². The molecule has 1 atom stereocenters. The van der Waals surface area contributed by atoms with Gasteiger partial charge in [0.2, 0.25) is 0 Å². The maximum absolute atomic E-state index is 11.6. The second kappa shape index (κ2) is 5.33. The highest BCUT2D eigenvalue weighted by atomic mass is 35.5. The minimum Gasteiger partial charge on any atom is -0.336 e. The molecule has 1 unspecified atom stereocenters. The van der Waals surface area contributed by atoms with Gasteiger partial charge in [0, 0.05) is 11.8 Å². The average Bonchev–Trinajstić information content (AvgIpc) is 2.98. The van der Waals surface area contributed by atoms with E-state index in [1.165, 1.54) is 32.0 Å². The van der Waals surface area contributed by atoms with Crippen LogP contribution in [-0.4, -0.2) is 25.3 Å². The van der Waals surface area contributed by atoms with Crippen molar-refractivity contribution in [2.24, 2.45) is 5.92 Å². The molecule has 0 radical (unpaired) electrons. The van der Waals surface area contributed by atoms with Crippen LogP contribution in [0.15, 0.2) is 11.1 Å². The maximum atomic E-state index is 11.6. The first-order valence-corrected chi connectivity index (χ1v) is 7.22. The third-order valence-electron chi connectivity index (χ3n) is 3.82. The zero-order valence-electron chi connectivity index (χ0n) is 10.7. The third kappa shape index (κ3) is 2.81. The zero-order chi connectivity index (χ0) is 13.2. The number of nitrogens with one attached hydrogen (secondary N) is 2. The van der Waals surface area contributed by atoms with E-state index in [9.17, 15) is 4.79 Å². The van der Waals surface area contributed by atoms with E-state index in [0.29, 0.717) is 17.6 Å². The second-order valence-corrected chi connectivity index (χ2v) is 5.92. The molecule has 2 heterocycles. The summed E-state index contributed by atoms with van der Waals surface area (Å²) in [7, 11) is 0. The molecule has 19 heavy (non-hydrogen) atoms. The summed E-state index contributed by atoms with van der Waals surface area (Å²) < 4.78 is 0. The number of halogens is 1. The number of hydrogen-bond donors (Lipinski definition) is 2. The summed E-state index contributed by atoms with van der Waals surface area (Å²) in [5, 5.41) is 0.0720. The van der Waals surface area contributed by atoms with E-state index in [0.717, 1.165) is 18.2 Å². The average molecular weight is 281 g/mol. The van der Waals surface area contributed by atoms with Gasteiger partial charge < -0.3 is 9.97 Å². The molecule has 2 aromatic heterocycles. The van der Waals surface area contributed by atoms with E-state index in [4.69, 9.17) is 11.6 Å². The lowest BCUT2D eigenvalue weighted by Gasteiger charge is -2.12. The van der Waals surface area contributed by atoms with Crippen molar-refractivity contribution in [1.29, 1.82) is 0 Å². The van der Waals surface area contributed by atoms with Gasteiger partial charge >= 0.3 is 0 Å². The van der Waals surface area contributed by atoms with Gasteiger partial charge in [0.1, 0.15) is 5.82 Å². The fourth-order valence-electron chi connectivity index (χ4n) is 2.89. The zero-order valence-corrected chi connectivity index (χ0v) is 11.4. The Bertz CT molecular complexity index is 614. The van der Waals surface area contributed by atoms with E-state index in [-0.39, 0.29) is 10.9 Å². The van der Waals surface area contributed by atoms with Crippen molar-refractivity contribution in [3.63, 3.8) is 0 Å². The van der Waals surface area contributed by atoms with Gasteiger partial charge in [0.05, 0.1) is 6.33 Å². The normalized spacial score (nSPS) is 18.2. The second-order valence-electron chi connectivity index (χ2n) is 5.30. The molecule has 0 saturated heterocycles. The first-order valence-electron chi connectivity index (χ1n) is 6.78. The van der Waals surface area contributed by atoms with Gasteiger partial charge in [0.25, 0.3) is 5.56 Å².